The third-order valence-electron chi connectivity index (χ3n) is 2.79. The van der Waals surface area contributed by atoms with Gasteiger partial charge in [-0.15, -0.1) is 0 Å². The average Bonchev–Trinajstić information content (AvgIpc) is 2.35. The third-order valence-corrected chi connectivity index (χ3v) is 3.02. The number of hydrogen-bond donors (Lipinski definition) is 2. The minimum Gasteiger partial charge on any atom is -0.396 e. The second kappa shape index (κ2) is 7.19. The molecule has 0 aliphatic carbocycles. The molecule has 0 saturated carbocycles. The molecule has 4 heteroatoms. The van der Waals surface area contributed by atoms with Gasteiger partial charge in [-0.3, -0.25) is 4.79 Å². The van der Waals surface area contributed by atoms with Crippen molar-refractivity contribution >= 4 is 23.6 Å². The first-order valence-corrected chi connectivity index (χ1v) is 6.25. The fourth-order valence-corrected chi connectivity index (χ4v) is 1.55. The van der Waals surface area contributed by atoms with Gasteiger partial charge in [-0.25, -0.2) is 0 Å². The van der Waals surface area contributed by atoms with Gasteiger partial charge in [0, 0.05) is 23.7 Å². The zero-order valence-electron chi connectivity index (χ0n) is 10.6. The smallest absolute Gasteiger partial charge is 0.244 e. The Kier molecular flexibility index (Phi) is 5.89. The lowest BCUT2D eigenvalue weighted by molar-refractivity contribution is -0.117. The van der Waals surface area contributed by atoms with Crippen LogP contribution in [0, 0.1) is 5.92 Å². The largest absolute Gasteiger partial charge is 0.396 e. The molecule has 0 aliphatic rings. The number of aliphatic hydroxyl groups is 1. The van der Waals surface area contributed by atoms with E-state index >= 15 is 0 Å². The molecule has 0 aliphatic heterocycles. The van der Waals surface area contributed by atoms with Crippen LogP contribution in [0.3, 0.4) is 0 Å². The summed E-state index contributed by atoms with van der Waals surface area (Å²) in [7, 11) is 0. The number of aliphatic hydroxyl groups excluding tert-OH is 1. The zero-order valence-corrected chi connectivity index (χ0v) is 11.3. The monoisotopic (exact) mass is 267 g/mol. The normalized spacial score (nSPS) is 14.4. The highest BCUT2D eigenvalue weighted by atomic mass is 35.5. The van der Waals surface area contributed by atoms with Gasteiger partial charge in [-0.1, -0.05) is 30.7 Å². The topological polar surface area (TPSA) is 49.3 Å². The lowest BCUT2D eigenvalue weighted by Gasteiger charge is -2.18. The number of nitrogens with one attached hydrogen (secondary N) is 1. The van der Waals surface area contributed by atoms with Crippen molar-refractivity contribution in [1.29, 1.82) is 0 Å². The number of carbonyl (C=O) groups is 1. The molecule has 0 heterocycles. The Morgan fingerprint density at radius 1 is 1.50 bits per heavy atom. The van der Waals surface area contributed by atoms with E-state index in [9.17, 15) is 4.79 Å². The first-order chi connectivity index (χ1) is 8.52. The summed E-state index contributed by atoms with van der Waals surface area (Å²) in [4.78, 5) is 11.6. The molecule has 18 heavy (non-hydrogen) atoms. The van der Waals surface area contributed by atoms with Crippen LogP contribution < -0.4 is 5.32 Å². The maximum Gasteiger partial charge on any atom is 0.244 e. The number of hydrogen-bond acceptors (Lipinski definition) is 2. The van der Waals surface area contributed by atoms with Crippen molar-refractivity contribution in [3.8, 4) is 0 Å². The molecule has 1 aromatic rings. The molecular weight excluding hydrogens is 250 g/mol. The summed E-state index contributed by atoms with van der Waals surface area (Å²) in [6.07, 6.45) is 3.17. The molecule has 0 spiro atoms. The van der Waals surface area contributed by atoms with Gasteiger partial charge in [-0.2, -0.15) is 0 Å². The summed E-state index contributed by atoms with van der Waals surface area (Å²) in [6.45, 7) is 3.80. The molecule has 3 nitrogen and oxygen atoms in total. The minimum atomic E-state index is -0.178. The lowest BCUT2D eigenvalue weighted by atomic mass is 10.1. The molecule has 1 aromatic carbocycles. The van der Waals surface area contributed by atoms with Gasteiger partial charge >= 0.3 is 0 Å². The van der Waals surface area contributed by atoms with Crippen molar-refractivity contribution in [3.63, 3.8) is 0 Å². The summed E-state index contributed by atoms with van der Waals surface area (Å²) >= 11 is 5.84. The first kappa shape index (κ1) is 14.7. The van der Waals surface area contributed by atoms with Gasteiger partial charge in [0.2, 0.25) is 5.91 Å². The van der Waals surface area contributed by atoms with E-state index in [1.54, 1.807) is 18.2 Å². The maximum absolute atomic E-state index is 11.6. The molecule has 2 unspecified atom stereocenters. The van der Waals surface area contributed by atoms with Gasteiger partial charge in [-0.05, 0) is 36.6 Å². The summed E-state index contributed by atoms with van der Waals surface area (Å²) in [6, 6.07) is 7.20. The number of rotatable bonds is 5. The molecule has 0 fully saturated rings. The Morgan fingerprint density at radius 3 is 2.83 bits per heavy atom. The van der Waals surface area contributed by atoms with Crippen molar-refractivity contribution < 1.29 is 9.90 Å². The first-order valence-electron chi connectivity index (χ1n) is 5.88. The van der Waals surface area contributed by atoms with Crippen LogP contribution in [0.4, 0.5) is 0 Å². The van der Waals surface area contributed by atoms with E-state index in [4.69, 9.17) is 16.7 Å². The van der Waals surface area contributed by atoms with Crippen molar-refractivity contribution in [2.45, 2.75) is 19.9 Å². The Bertz CT molecular complexity index is 432. The second-order valence-corrected chi connectivity index (χ2v) is 4.78. The molecule has 2 atom stereocenters. The highest BCUT2D eigenvalue weighted by molar-refractivity contribution is 6.30. The Labute approximate surface area is 112 Å². The van der Waals surface area contributed by atoms with Crippen LogP contribution in [-0.4, -0.2) is 23.7 Å². The molecule has 1 amide bonds. The molecule has 2 N–H and O–H groups in total. The molecular formula is C14H18ClNO2. The van der Waals surface area contributed by atoms with Crippen LogP contribution >= 0.6 is 11.6 Å². The standard InChI is InChI=1S/C14H18ClNO2/c1-10(9-17)11(2)16-14(18)7-6-12-4-3-5-13(15)8-12/h3-8,10-11,17H,9H2,1-2H3,(H,16,18)/b7-6+. The van der Waals surface area contributed by atoms with E-state index in [2.05, 4.69) is 5.32 Å². The lowest BCUT2D eigenvalue weighted by Crippen LogP contribution is -2.37. The average molecular weight is 268 g/mol. The van der Waals surface area contributed by atoms with Crippen LogP contribution in [0.15, 0.2) is 30.3 Å². The van der Waals surface area contributed by atoms with Crippen molar-refractivity contribution in [1.82, 2.24) is 5.32 Å². The van der Waals surface area contributed by atoms with Crippen molar-refractivity contribution in [2.24, 2.45) is 5.92 Å². The minimum absolute atomic E-state index is 0.0357. The van der Waals surface area contributed by atoms with Crippen molar-refractivity contribution in [2.75, 3.05) is 6.61 Å². The van der Waals surface area contributed by atoms with Gasteiger partial charge in [0.05, 0.1) is 0 Å². The van der Waals surface area contributed by atoms with E-state index in [0.717, 1.165) is 5.56 Å². The molecule has 0 radical (unpaired) electrons. The van der Waals surface area contributed by atoms with Gasteiger partial charge in [0.25, 0.3) is 0 Å². The molecule has 1 rings (SSSR count). The van der Waals surface area contributed by atoms with Crippen LogP contribution in [0.5, 0.6) is 0 Å². The van der Waals surface area contributed by atoms with Gasteiger partial charge in [0.15, 0.2) is 0 Å². The van der Waals surface area contributed by atoms with Gasteiger partial charge < -0.3 is 10.4 Å². The maximum atomic E-state index is 11.6. The Morgan fingerprint density at radius 2 is 2.22 bits per heavy atom. The summed E-state index contributed by atoms with van der Waals surface area (Å²) < 4.78 is 0. The summed E-state index contributed by atoms with van der Waals surface area (Å²) in [5, 5.41) is 12.4. The van der Waals surface area contributed by atoms with E-state index < -0.39 is 0 Å². The van der Waals surface area contributed by atoms with Crippen LogP contribution in [-0.2, 0) is 4.79 Å². The summed E-state index contributed by atoms with van der Waals surface area (Å²) in [5.74, 6) is -0.142. The van der Waals surface area contributed by atoms with Crippen LogP contribution in [0.25, 0.3) is 6.08 Å². The molecule has 98 valence electrons. The number of amides is 1. The van der Waals surface area contributed by atoms with Gasteiger partial charge in [0.1, 0.15) is 0 Å². The molecule has 0 bridgehead atoms. The third kappa shape index (κ3) is 4.90. The number of benzene rings is 1. The van der Waals surface area contributed by atoms with Crippen LogP contribution in [0.1, 0.15) is 19.4 Å². The van der Waals surface area contributed by atoms with E-state index in [-0.39, 0.29) is 24.5 Å². The fraction of sp³-hybridized carbons (Fsp3) is 0.357. The Hall–Kier alpha value is -1.32. The van der Waals surface area contributed by atoms with Crippen molar-refractivity contribution in [3.05, 3.63) is 40.9 Å². The SMILES string of the molecule is CC(CO)C(C)NC(=O)/C=C/c1cccc(Cl)c1. The molecule has 0 aromatic heterocycles. The quantitative estimate of drug-likeness (QED) is 0.806. The highest BCUT2D eigenvalue weighted by Gasteiger charge is 2.11. The number of carbonyl (C=O) groups excluding carboxylic acids is 1. The predicted octanol–water partition coefficient (Wildman–Crippen LogP) is 2.49. The van der Waals surface area contributed by atoms with E-state index in [0.29, 0.717) is 5.02 Å². The van der Waals surface area contributed by atoms with Crippen LogP contribution in [0.2, 0.25) is 5.02 Å². The Balaban J connectivity index is 2.54. The summed E-state index contributed by atoms with van der Waals surface area (Å²) in [5.41, 5.74) is 0.875. The molecule has 0 saturated heterocycles. The zero-order chi connectivity index (χ0) is 13.5. The number of halogens is 1. The fourth-order valence-electron chi connectivity index (χ4n) is 1.36. The predicted molar refractivity (Wildman–Crippen MR) is 74.3 cm³/mol. The highest BCUT2D eigenvalue weighted by Crippen LogP contribution is 2.11. The van der Waals surface area contributed by atoms with E-state index in [1.165, 1.54) is 6.08 Å². The van der Waals surface area contributed by atoms with E-state index in [1.807, 2.05) is 26.0 Å². The second-order valence-electron chi connectivity index (χ2n) is 4.35.